The maximum atomic E-state index is 8.47. The normalized spacial score (nSPS) is 9.57. The van der Waals surface area contributed by atoms with Crippen molar-refractivity contribution in [2.75, 3.05) is 18.5 Å². The third kappa shape index (κ3) is 2.74. The lowest BCUT2D eigenvalue weighted by atomic mass is 10.2. The highest BCUT2D eigenvalue weighted by molar-refractivity contribution is 9.10. The molecule has 0 aliphatic rings. The number of hydrogen-bond acceptors (Lipinski definition) is 2. The van der Waals surface area contributed by atoms with E-state index in [2.05, 4.69) is 52.0 Å². The molecule has 1 aromatic rings. The fourth-order valence-electron chi connectivity index (χ4n) is 1.17. The van der Waals surface area contributed by atoms with Crippen LogP contribution in [-0.4, -0.2) is 13.6 Å². The van der Waals surface area contributed by atoms with Gasteiger partial charge in [-0.25, -0.2) is 0 Å². The number of halogens is 1. The van der Waals surface area contributed by atoms with E-state index in [4.69, 9.17) is 5.26 Å². The fourth-order valence-corrected chi connectivity index (χ4v) is 1.53. The third-order valence-electron chi connectivity index (χ3n) is 2.16. The topological polar surface area (TPSA) is 27.0 Å². The van der Waals surface area contributed by atoms with Gasteiger partial charge in [0.15, 0.2) is 0 Å². The summed E-state index contributed by atoms with van der Waals surface area (Å²) in [4.78, 5) is 2.08. The molecule has 2 nitrogen and oxygen atoms in total. The monoisotopic (exact) mass is 252 g/mol. The molecule has 0 atom stereocenters. The van der Waals surface area contributed by atoms with Gasteiger partial charge in [-0.1, -0.05) is 22.0 Å². The van der Waals surface area contributed by atoms with Crippen LogP contribution in [0, 0.1) is 18.3 Å². The highest BCUT2D eigenvalue weighted by atomic mass is 79.9. The molecular weight excluding hydrogens is 240 g/mol. The maximum absolute atomic E-state index is 8.47. The highest BCUT2D eigenvalue weighted by Crippen LogP contribution is 2.22. The summed E-state index contributed by atoms with van der Waals surface area (Å²) >= 11 is 3.49. The van der Waals surface area contributed by atoms with Gasteiger partial charge < -0.3 is 4.90 Å². The first-order valence-corrected chi connectivity index (χ1v) is 5.28. The molecule has 0 bridgehead atoms. The molecule has 0 heterocycles. The molecule has 0 radical (unpaired) electrons. The first kappa shape index (κ1) is 11.1. The Bertz CT molecular complexity index is 355. The second kappa shape index (κ2) is 5.02. The summed E-state index contributed by atoms with van der Waals surface area (Å²) in [5.74, 6) is 0. The van der Waals surface area contributed by atoms with Gasteiger partial charge in [-0.3, -0.25) is 0 Å². The van der Waals surface area contributed by atoms with E-state index in [-0.39, 0.29) is 0 Å². The van der Waals surface area contributed by atoms with Crippen molar-refractivity contribution in [3.05, 3.63) is 28.2 Å². The summed E-state index contributed by atoms with van der Waals surface area (Å²) in [6.07, 6.45) is 0.558. The Morgan fingerprint density at radius 2 is 2.21 bits per heavy atom. The van der Waals surface area contributed by atoms with Crippen molar-refractivity contribution in [2.45, 2.75) is 13.3 Å². The Morgan fingerprint density at radius 3 is 2.79 bits per heavy atom. The lowest BCUT2D eigenvalue weighted by Crippen LogP contribution is -2.17. The maximum Gasteiger partial charge on any atom is 0.0640 e. The lowest BCUT2D eigenvalue weighted by Gasteiger charge is -2.18. The molecule has 0 aliphatic carbocycles. The number of nitrogens with zero attached hydrogens (tertiary/aromatic N) is 2. The Hall–Kier alpha value is -1.01. The Balaban J connectivity index is 2.76. The van der Waals surface area contributed by atoms with Gasteiger partial charge in [0.1, 0.15) is 0 Å². The van der Waals surface area contributed by atoms with Crippen molar-refractivity contribution < 1.29 is 0 Å². The number of benzene rings is 1. The minimum Gasteiger partial charge on any atom is -0.374 e. The predicted octanol–water partition coefficient (Wildman–Crippen LogP) is 3.11. The summed E-state index contributed by atoms with van der Waals surface area (Å²) in [7, 11) is 1.99. The smallest absolute Gasteiger partial charge is 0.0640 e. The van der Waals surface area contributed by atoms with Gasteiger partial charge in [0, 0.05) is 23.8 Å². The summed E-state index contributed by atoms with van der Waals surface area (Å²) in [6.45, 7) is 2.83. The van der Waals surface area contributed by atoms with Crippen LogP contribution >= 0.6 is 15.9 Å². The van der Waals surface area contributed by atoms with Crippen LogP contribution in [-0.2, 0) is 0 Å². The van der Waals surface area contributed by atoms with E-state index in [9.17, 15) is 0 Å². The average Bonchev–Trinajstić information content (AvgIpc) is 2.18. The fraction of sp³-hybridized carbons (Fsp3) is 0.364. The zero-order chi connectivity index (χ0) is 10.6. The van der Waals surface area contributed by atoms with Crippen LogP contribution in [0.15, 0.2) is 22.7 Å². The first-order valence-electron chi connectivity index (χ1n) is 4.49. The van der Waals surface area contributed by atoms with Crippen LogP contribution in [0.5, 0.6) is 0 Å². The van der Waals surface area contributed by atoms with Crippen LogP contribution in [0.1, 0.15) is 12.0 Å². The molecule has 0 saturated carbocycles. The predicted molar refractivity (Wildman–Crippen MR) is 62.4 cm³/mol. The number of rotatable bonds is 3. The molecule has 0 fully saturated rings. The zero-order valence-corrected chi connectivity index (χ0v) is 10.0. The molecule has 1 aromatic carbocycles. The molecule has 0 N–H and O–H groups in total. The van der Waals surface area contributed by atoms with Crippen molar-refractivity contribution in [1.29, 1.82) is 5.26 Å². The SMILES string of the molecule is Cc1ccc(N(C)CCC#N)cc1Br. The van der Waals surface area contributed by atoms with Gasteiger partial charge in [0.05, 0.1) is 12.5 Å². The molecule has 14 heavy (non-hydrogen) atoms. The standard InChI is InChI=1S/C11H13BrN2/c1-9-4-5-10(8-11(9)12)14(2)7-3-6-13/h4-5,8H,3,7H2,1-2H3. The molecule has 0 aliphatic heterocycles. The van der Waals surface area contributed by atoms with Crippen LogP contribution in [0.2, 0.25) is 0 Å². The van der Waals surface area contributed by atoms with Crippen LogP contribution < -0.4 is 4.90 Å². The van der Waals surface area contributed by atoms with E-state index >= 15 is 0 Å². The van der Waals surface area contributed by atoms with E-state index < -0.39 is 0 Å². The number of anilines is 1. The van der Waals surface area contributed by atoms with Crippen molar-refractivity contribution in [3.63, 3.8) is 0 Å². The van der Waals surface area contributed by atoms with E-state index in [1.54, 1.807) is 0 Å². The van der Waals surface area contributed by atoms with Gasteiger partial charge in [-0.15, -0.1) is 0 Å². The van der Waals surface area contributed by atoms with Crippen molar-refractivity contribution in [3.8, 4) is 6.07 Å². The van der Waals surface area contributed by atoms with Gasteiger partial charge >= 0.3 is 0 Å². The lowest BCUT2D eigenvalue weighted by molar-refractivity contribution is 0.904. The largest absolute Gasteiger partial charge is 0.374 e. The van der Waals surface area contributed by atoms with Crippen molar-refractivity contribution >= 4 is 21.6 Å². The second-order valence-corrected chi connectivity index (χ2v) is 4.12. The minimum absolute atomic E-state index is 0.558. The molecule has 1 rings (SSSR count). The Kier molecular flexibility index (Phi) is 3.97. The van der Waals surface area contributed by atoms with Crippen molar-refractivity contribution in [1.82, 2.24) is 0 Å². The van der Waals surface area contributed by atoms with E-state index in [1.165, 1.54) is 5.56 Å². The molecule has 0 amide bonds. The molecule has 0 aromatic heterocycles. The minimum atomic E-state index is 0.558. The molecule has 74 valence electrons. The second-order valence-electron chi connectivity index (χ2n) is 3.26. The van der Waals surface area contributed by atoms with Gasteiger partial charge in [0.2, 0.25) is 0 Å². The molecule has 3 heteroatoms. The summed E-state index contributed by atoms with van der Waals surface area (Å²) in [6, 6.07) is 8.36. The average molecular weight is 253 g/mol. The molecule has 0 saturated heterocycles. The molecule has 0 spiro atoms. The van der Waals surface area contributed by atoms with Gasteiger partial charge in [0.25, 0.3) is 0 Å². The number of aryl methyl sites for hydroxylation is 1. The molecular formula is C11H13BrN2. The van der Waals surface area contributed by atoms with Gasteiger partial charge in [-0.2, -0.15) is 5.26 Å². The molecule has 0 unspecified atom stereocenters. The third-order valence-corrected chi connectivity index (χ3v) is 3.01. The van der Waals surface area contributed by atoms with Gasteiger partial charge in [-0.05, 0) is 24.6 Å². The summed E-state index contributed by atoms with van der Waals surface area (Å²) < 4.78 is 1.11. The Morgan fingerprint density at radius 1 is 1.50 bits per heavy atom. The van der Waals surface area contributed by atoms with E-state index in [0.29, 0.717) is 6.42 Å². The quantitative estimate of drug-likeness (QED) is 0.827. The summed E-state index contributed by atoms with van der Waals surface area (Å²) in [5, 5.41) is 8.47. The Labute approximate surface area is 93.3 Å². The van der Waals surface area contributed by atoms with Crippen LogP contribution in [0.25, 0.3) is 0 Å². The first-order chi connectivity index (χ1) is 6.65. The zero-order valence-electron chi connectivity index (χ0n) is 8.42. The number of hydrogen-bond donors (Lipinski definition) is 0. The van der Waals surface area contributed by atoms with Crippen molar-refractivity contribution in [2.24, 2.45) is 0 Å². The number of nitriles is 1. The highest BCUT2D eigenvalue weighted by Gasteiger charge is 2.02. The van der Waals surface area contributed by atoms with E-state index in [0.717, 1.165) is 16.7 Å². The van der Waals surface area contributed by atoms with Crippen LogP contribution in [0.4, 0.5) is 5.69 Å². The summed E-state index contributed by atoms with van der Waals surface area (Å²) in [5.41, 5.74) is 2.36. The van der Waals surface area contributed by atoms with Crippen LogP contribution in [0.3, 0.4) is 0 Å². The van der Waals surface area contributed by atoms with E-state index in [1.807, 2.05) is 7.05 Å².